The van der Waals surface area contributed by atoms with Gasteiger partial charge in [0, 0.05) is 26.0 Å². The van der Waals surface area contributed by atoms with E-state index in [2.05, 4.69) is 20.4 Å². The van der Waals surface area contributed by atoms with Crippen molar-refractivity contribution in [3.63, 3.8) is 0 Å². The van der Waals surface area contributed by atoms with Gasteiger partial charge in [-0.1, -0.05) is 5.16 Å². The van der Waals surface area contributed by atoms with Crippen LogP contribution in [0.4, 0.5) is 11.5 Å². The van der Waals surface area contributed by atoms with Gasteiger partial charge < -0.3 is 15.6 Å². The number of amides is 1. The molecule has 3 N–H and O–H groups in total. The van der Waals surface area contributed by atoms with Crippen molar-refractivity contribution in [2.24, 2.45) is 0 Å². The zero-order chi connectivity index (χ0) is 15.4. The van der Waals surface area contributed by atoms with Gasteiger partial charge in [0.05, 0.1) is 10.5 Å². The first-order valence-electron chi connectivity index (χ1n) is 5.94. The fraction of sp³-hybridized carbons (Fsp3) is 0.273. The van der Waals surface area contributed by atoms with Crippen molar-refractivity contribution in [3.8, 4) is 0 Å². The molecule has 10 heteroatoms. The first kappa shape index (κ1) is 14.4. The molecule has 10 nitrogen and oxygen atoms in total. The van der Waals surface area contributed by atoms with E-state index in [1.165, 1.54) is 0 Å². The number of aryl methyl sites for hydroxylation is 1. The largest absolute Gasteiger partial charge is 0.383 e. The van der Waals surface area contributed by atoms with Crippen molar-refractivity contribution in [2.45, 2.75) is 13.3 Å². The first-order chi connectivity index (χ1) is 9.97. The maximum absolute atomic E-state index is 11.9. The van der Waals surface area contributed by atoms with Crippen molar-refractivity contribution in [1.82, 2.24) is 20.4 Å². The van der Waals surface area contributed by atoms with Gasteiger partial charge in [-0.3, -0.25) is 14.9 Å². The Kier molecular flexibility index (Phi) is 4.07. The minimum absolute atomic E-state index is 0.0477. The quantitative estimate of drug-likeness (QED) is 0.587. The molecule has 1 amide bonds. The Morgan fingerprint density at radius 3 is 2.95 bits per heavy atom. The Morgan fingerprint density at radius 2 is 2.33 bits per heavy atom. The lowest BCUT2D eigenvalue weighted by Crippen LogP contribution is -2.27. The molecule has 0 aromatic carbocycles. The van der Waals surface area contributed by atoms with E-state index in [1.807, 2.05) is 0 Å². The summed E-state index contributed by atoms with van der Waals surface area (Å²) in [5.74, 6) is 0.263. The number of rotatable bonds is 5. The molecule has 0 spiro atoms. The highest BCUT2D eigenvalue weighted by molar-refractivity contribution is 5.98. The fourth-order valence-electron chi connectivity index (χ4n) is 1.57. The number of carbonyl (C=O) groups excluding carboxylic acids is 1. The lowest BCUT2D eigenvalue weighted by atomic mass is 10.2. The molecular formula is C11H12N6O4. The summed E-state index contributed by atoms with van der Waals surface area (Å²) in [6, 6.07) is 1.08. The molecule has 0 radical (unpaired) electrons. The number of anilines is 1. The highest BCUT2D eigenvalue weighted by Gasteiger charge is 2.16. The molecular weight excluding hydrogens is 280 g/mol. The third-order valence-electron chi connectivity index (χ3n) is 2.56. The molecule has 2 heterocycles. The summed E-state index contributed by atoms with van der Waals surface area (Å²) in [5, 5.41) is 16.9. The lowest BCUT2D eigenvalue weighted by molar-refractivity contribution is -0.385. The van der Waals surface area contributed by atoms with Gasteiger partial charge in [-0.05, 0) is 0 Å². The van der Waals surface area contributed by atoms with Crippen LogP contribution in [0, 0.1) is 17.0 Å². The van der Waals surface area contributed by atoms with Crippen molar-refractivity contribution in [3.05, 3.63) is 39.7 Å². The van der Waals surface area contributed by atoms with Crippen LogP contribution in [0.5, 0.6) is 0 Å². The Labute approximate surface area is 118 Å². The van der Waals surface area contributed by atoms with Gasteiger partial charge >= 0.3 is 0 Å². The van der Waals surface area contributed by atoms with Crippen molar-refractivity contribution >= 4 is 17.4 Å². The van der Waals surface area contributed by atoms with E-state index in [0.29, 0.717) is 18.1 Å². The van der Waals surface area contributed by atoms with E-state index in [1.54, 1.807) is 6.92 Å². The van der Waals surface area contributed by atoms with Gasteiger partial charge in [-0.25, -0.2) is 4.98 Å². The number of nitrogen functional groups attached to an aromatic ring is 1. The molecule has 2 aromatic rings. The number of nitrogens with one attached hydrogen (secondary N) is 1. The molecule has 0 aliphatic carbocycles. The zero-order valence-electron chi connectivity index (χ0n) is 11.1. The summed E-state index contributed by atoms with van der Waals surface area (Å²) in [5.41, 5.74) is 5.19. The van der Waals surface area contributed by atoms with Crippen LogP contribution in [0.15, 0.2) is 16.8 Å². The highest BCUT2D eigenvalue weighted by atomic mass is 16.6. The topological polar surface area (TPSA) is 150 Å². The van der Waals surface area contributed by atoms with Gasteiger partial charge in [-0.15, -0.1) is 0 Å². The number of nitrogens with zero attached hydrogens (tertiary/aromatic N) is 4. The first-order valence-corrected chi connectivity index (χ1v) is 5.94. The van der Waals surface area contributed by atoms with Gasteiger partial charge in [-0.2, -0.15) is 4.98 Å². The van der Waals surface area contributed by atoms with E-state index >= 15 is 0 Å². The summed E-state index contributed by atoms with van der Waals surface area (Å²) < 4.78 is 4.79. The molecule has 21 heavy (non-hydrogen) atoms. The molecule has 0 aliphatic rings. The standard InChI is InChI=1S/C11H12N6O4/c1-6-15-9(16-21-6)2-3-13-11(18)8-4-7(17(19)20)5-14-10(8)12/h4-5H,2-3H2,1H3,(H2,12,14)(H,13,18). The third kappa shape index (κ3) is 3.49. The molecule has 0 unspecified atom stereocenters. The number of hydrogen-bond donors (Lipinski definition) is 2. The minimum atomic E-state index is -0.648. The predicted molar refractivity (Wildman–Crippen MR) is 70.4 cm³/mol. The van der Waals surface area contributed by atoms with Crippen molar-refractivity contribution in [1.29, 1.82) is 0 Å². The summed E-state index contributed by atoms with van der Waals surface area (Å²) in [6.45, 7) is 1.89. The Balaban J connectivity index is 1.99. The molecule has 0 saturated heterocycles. The molecule has 0 atom stereocenters. The van der Waals surface area contributed by atoms with Gasteiger partial charge in [0.2, 0.25) is 5.89 Å². The monoisotopic (exact) mass is 292 g/mol. The van der Waals surface area contributed by atoms with Crippen LogP contribution in [-0.4, -0.2) is 32.5 Å². The molecule has 110 valence electrons. The van der Waals surface area contributed by atoms with Crippen LogP contribution in [0.1, 0.15) is 22.1 Å². The number of hydrogen-bond acceptors (Lipinski definition) is 8. The second kappa shape index (κ2) is 5.94. The summed E-state index contributed by atoms with van der Waals surface area (Å²) in [4.78, 5) is 29.5. The molecule has 2 aromatic heterocycles. The second-order valence-corrected chi connectivity index (χ2v) is 4.12. The Bertz CT molecular complexity index is 683. The summed E-state index contributed by atoms with van der Waals surface area (Å²) in [7, 11) is 0. The van der Waals surface area contributed by atoms with Crippen molar-refractivity contribution < 1.29 is 14.2 Å². The molecule has 0 aliphatic heterocycles. The molecule has 0 fully saturated rings. The SMILES string of the molecule is Cc1nc(CCNC(=O)c2cc([N+](=O)[O-])cnc2N)no1. The maximum atomic E-state index is 11.9. The highest BCUT2D eigenvalue weighted by Crippen LogP contribution is 2.16. The van der Waals surface area contributed by atoms with Gasteiger partial charge in [0.1, 0.15) is 12.0 Å². The average molecular weight is 292 g/mol. The second-order valence-electron chi connectivity index (χ2n) is 4.12. The summed E-state index contributed by atoms with van der Waals surface area (Å²) in [6.07, 6.45) is 1.36. The number of nitrogens with two attached hydrogens (primary N) is 1. The third-order valence-corrected chi connectivity index (χ3v) is 2.56. The zero-order valence-corrected chi connectivity index (χ0v) is 11.1. The molecule has 0 bridgehead atoms. The normalized spacial score (nSPS) is 10.3. The van der Waals surface area contributed by atoms with Gasteiger partial charge in [0.15, 0.2) is 5.82 Å². The van der Waals surface area contributed by atoms with E-state index in [0.717, 1.165) is 12.3 Å². The Hall–Kier alpha value is -3.04. The fourth-order valence-corrected chi connectivity index (χ4v) is 1.57. The van der Waals surface area contributed by atoms with Crippen molar-refractivity contribution in [2.75, 3.05) is 12.3 Å². The van der Waals surface area contributed by atoms with E-state index in [-0.39, 0.29) is 23.6 Å². The van der Waals surface area contributed by atoms with Gasteiger partial charge in [0.25, 0.3) is 11.6 Å². The minimum Gasteiger partial charge on any atom is -0.383 e. The summed E-state index contributed by atoms with van der Waals surface area (Å²) >= 11 is 0. The molecule has 2 rings (SSSR count). The van der Waals surface area contributed by atoms with Crippen LogP contribution in [-0.2, 0) is 6.42 Å². The van der Waals surface area contributed by atoms with Crippen LogP contribution in [0.25, 0.3) is 0 Å². The van der Waals surface area contributed by atoms with Crippen LogP contribution < -0.4 is 11.1 Å². The number of nitro groups is 1. The molecule has 0 saturated carbocycles. The number of pyridine rings is 1. The Morgan fingerprint density at radius 1 is 1.57 bits per heavy atom. The smallest absolute Gasteiger partial charge is 0.288 e. The van der Waals surface area contributed by atoms with E-state index in [4.69, 9.17) is 10.3 Å². The lowest BCUT2D eigenvalue weighted by Gasteiger charge is -2.05. The van der Waals surface area contributed by atoms with E-state index < -0.39 is 10.8 Å². The predicted octanol–water partition coefficient (Wildman–Crippen LogP) is 0.236. The van der Waals surface area contributed by atoms with Crippen LogP contribution >= 0.6 is 0 Å². The van der Waals surface area contributed by atoms with Crippen LogP contribution in [0.3, 0.4) is 0 Å². The maximum Gasteiger partial charge on any atom is 0.288 e. The average Bonchev–Trinajstić information content (AvgIpc) is 2.84. The van der Waals surface area contributed by atoms with Crippen LogP contribution in [0.2, 0.25) is 0 Å². The number of carbonyl (C=O) groups is 1. The number of aromatic nitrogens is 3. The van der Waals surface area contributed by atoms with E-state index in [9.17, 15) is 14.9 Å².